The fourth-order valence-corrected chi connectivity index (χ4v) is 4.32. The molecule has 156 valence electrons. The summed E-state index contributed by atoms with van der Waals surface area (Å²) in [6.07, 6.45) is 3.34. The molecule has 0 radical (unpaired) electrons. The van der Waals surface area contributed by atoms with Crippen molar-refractivity contribution in [3.05, 3.63) is 60.1 Å². The number of pyridine rings is 1. The molecule has 0 aliphatic carbocycles. The van der Waals surface area contributed by atoms with Gasteiger partial charge in [0.15, 0.2) is 9.84 Å². The summed E-state index contributed by atoms with van der Waals surface area (Å²) < 4.78 is 31.1. The van der Waals surface area contributed by atoms with Crippen LogP contribution in [-0.2, 0) is 9.84 Å². The van der Waals surface area contributed by atoms with Gasteiger partial charge in [0.2, 0.25) is 5.88 Å². The molecule has 0 amide bonds. The van der Waals surface area contributed by atoms with Crippen LogP contribution >= 0.6 is 0 Å². The van der Waals surface area contributed by atoms with Crippen molar-refractivity contribution in [2.75, 3.05) is 17.7 Å². The van der Waals surface area contributed by atoms with Gasteiger partial charge in [-0.25, -0.2) is 13.1 Å². The molecule has 1 aliphatic heterocycles. The van der Waals surface area contributed by atoms with Gasteiger partial charge in [0.05, 0.1) is 23.6 Å². The fourth-order valence-electron chi connectivity index (χ4n) is 3.05. The summed E-state index contributed by atoms with van der Waals surface area (Å²) in [5.74, 6) is 1.83. The van der Waals surface area contributed by atoms with Crippen molar-refractivity contribution in [3.8, 4) is 22.9 Å². The number of nitrogens with zero attached hydrogens (tertiary/aromatic N) is 5. The van der Waals surface area contributed by atoms with Crippen LogP contribution in [0.5, 0.6) is 11.6 Å². The molecule has 0 saturated heterocycles. The molecule has 0 bridgehead atoms. The first-order valence-electron chi connectivity index (χ1n) is 9.62. The molecule has 1 atom stereocenters. The Morgan fingerprint density at radius 3 is 2.60 bits per heavy atom. The number of hydrogen-bond acceptors (Lipinski definition) is 7. The van der Waals surface area contributed by atoms with E-state index in [0.717, 1.165) is 5.82 Å². The van der Waals surface area contributed by atoms with Crippen LogP contribution in [0.1, 0.15) is 19.9 Å². The van der Waals surface area contributed by atoms with Crippen LogP contribution in [-0.4, -0.2) is 47.2 Å². The van der Waals surface area contributed by atoms with E-state index in [0.29, 0.717) is 22.9 Å². The molecule has 1 aliphatic rings. The zero-order valence-corrected chi connectivity index (χ0v) is 17.8. The lowest BCUT2D eigenvalue weighted by atomic mass is 10.2. The van der Waals surface area contributed by atoms with Gasteiger partial charge in [-0.15, -0.1) is 5.10 Å². The number of sulfone groups is 1. The molecule has 0 saturated carbocycles. The summed E-state index contributed by atoms with van der Waals surface area (Å²) in [6, 6.07) is 13.1. The highest BCUT2D eigenvalue weighted by Gasteiger charge is 2.25. The molecule has 4 rings (SSSR count). The molecule has 1 unspecified atom stereocenters. The van der Waals surface area contributed by atoms with Gasteiger partial charge in [-0.2, -0.15) is 4.98 Å². The standard InChI is InChI=1S/C21H23N5O3S/c1-15(2)25(3)20-10-9-18(21(22-20)29-17-7-5-4-6-8-17)19-13-26(24-23-19)16-11-12-30(27,28)14-16/h4-13,15-16H,14H2,1-3H3. The first kappa shape index (κ1) is 20.1. The van der Waals surface area contributed by atoms with Gasteiger partial charge in [0.1, 0.15) is 17.3 Å². The quantitative estimate of drug-likeness (QED) is 0.597. The van der Waals surface area contributed by atoms with Gasteiger partial charge in [-0.3, -0.25) is 0 Å². The third-order valence-electron chi connectivity index (χ3n) is 4.98. The van der Waals surface area contributed by atoms with Crippen molar-refractivity contribution in [1.82, 2.24) is 20.0 Å². The van der Waals surface area contributed by atoms with Crippen molar-refractivity contribution < 1.29 is 13.2 Å². The van der Waals surface area contributed by atoms with E-state index in [2.05, 4.69) is 24.2 Å². The van der Waals surface area contributed by atoms with Gasteiger partial charge >= 0.3 is 0 Å². The number of benzene rings is 1. The van der Waals surface area contributed by atoms with Crippen LogP contribution in [0.25, 0.3) is 11.3 Å². The minimum atomic E-state index is -3.18. The van der Waals surface area contributed by atoms with Crippen LogP contribution in [0, 0.1) is 0 Å². The maximum Gasteiger partial charge on any atom is 0.230 e. The molecule has 2 aromatic heterocycles. The van der Waals surface area contributed by atoms with Gasteiger partial charge in [0, 0.05) is 18.5 Å². The van der Waals surface area contributed by atoms with Crippen molar-refractivity contribution in [3.63, 3.8) is 0 Å². The Kier molecular flexibility index (Phi) is 5.29. The highest BCUT2D eigenvalue weighted by molar-refractivity contribution is 7.94. The number of anilines is 1. The minimum absolute atomic E-state index is 0.0143. The van der Waals surface area contributed by atoms with Gasteiger partial charge in [-0.05, 0) is 44.2 Å². The van der Waals surface area contributed by atoms with E-state index >= 15 is 0 Å². The van der Waals surface area contributed by atoms with E-state index in [1.54, 1.807) is 17.0 Å². The Labute approximate surface area is 175 Å². The summed E-state index contributed by atoms with van der Waals surface area (Å²) >= 11 is 0. The molecular weight excluding hydrogens is 402 g/mol. The highest BCUT2D eigenvalue weighted by atomic mass is 32.2. The van der Waals surface area contributed by atoms with Crippen LogP contribution < -0.4 is 9.64 Å². The molecular formula is C21H23N5O3S. The summed E-state index contributed by atoms with van der Waals surface area (Å²) in [4.78, 5) is 6.76. The lowest BCUT2D eigenvalue weighted by Gasteiger charge is -2.23. The second-order valence-electron chi connectivity index (χ2n) is 7.45. The molecule has 3 heterocycles. The third-order valence-corrected chi connectivity index (χ3v) is 6.35. The Morgan fingerprint density at radius 2 is 1.93 bits per heavy atom. The largest absolute Gasteiger partial charge is 0.438 e. The summed E-state index contributed by atoms with van der Waals surface area (Å²) in [6.45, 7) is 4.17. The maximum absolute atomic E-state index is 11.7. The van der Waals surface area contributed by atoms with Crippen molar-refractivity contribution >= 4 is 15.7 Å². The SMILES string of the molecule is CC(C)N(C)c1ccc(-c2cn(C3C=CS(=O)(=O)C3)nn2)c(Oc2ccccc2)n1. The van der Waals surface area contributed by atoms with Crippen molar-refractivity contribution in [2.24, 2.45) is 0 Å². The van der Waals surface area contributed by atoms with Crippen LogP contribution in [0.2, 0.25) is 0 Å². The van der Waals surface area contributed by atoms with E-state index in [9.17, 15) is 8.42 Å². The van der Waals surface area contributed by atoms with Crippen LogP contribution in [0.3, 0.4) is 0 Å². The molecule has 0 spiro atoms. The predicted molar refractivity (Wildman–Crippen MR) is 115 cm³/mol. The monoisotopic (exact) mass is 425 g/mol. The summed E-state index contributed by atoms with van der Waals surface area (Å²) in [5.41, 5.74) is 1.24. The average Bonchev–Trinajstić information content (AvgIpc) is 3.34. The molecule has 9 heteroatoms. The number of aromatic nitrogens is 4. The fraction of sp³-hybridized carbons (Fsp3) is 0.286. The smallest absolute Gasteiger partial charge is 0.230 e. The van der Waals surface area contributed by atoms with Crippen molar-refractivity contribution in [1.29, 1.82) is 0 Å². The van der Waals surface area contributed by atoms with Gasteiger partial charge in [0.25, 0.3) is 0 Å². The lowest BCUT2D eigenvalue weighted by Crippen LogP contribution is -2.26. The van der Waals surface area contributed by atoms with Crippen LogP contribution in [0.15, 0.2) is 60.1 Å². The number of para-hydroxylation sites is 1. The molecule has 8 nitrogen and oxygen atoms in total. The summed E-state index contributed by atoms with van der Waals surface area (Å²) in [7, 11) is -1.21. The van der Waals surface area contributed by atoms with Gasteiger partial charge in [-0.1, -0.05) is 23.4 Å². The Balaban J connectivity index is 1.71. The third kappa shape index (κ3) is 4.20. The molecule has 0 N–H and O–H groups in total. The Bertz CT molecular complexity index is 1170. The lowest BCUT2D eigenvalue weighted by molar-refractivity contribution is 0.464. The zero-order valence-electron chi connectivity index (χ0n) is 17.0. The number of allylic oxidation sites excluding steroid dienone is 1. The normalized spacial score (nSPS) is 17.4. The highest BCUT2D eigenvalue weighted by Crippen LogP contribution is 2.33. The topological polar surface area (TPSA) is 90.2 Å². The average molecular weight is 426 g/mol. The second-order valence-corrected chi connectivity index (χ2v) is 9.38. The minimum Gasteiger partial charge on any atom is -0.438 e. The maximum atomic E-state index is 11.7. The van der Waals surface area contributed by atoms with E-state index in [1.807, 2.05) is 54.4 Å². The van der Waals surface area contributed by atoms with E-state index in [-0.39, 0.29) is 17.8 Å². The summed E-state index contributed by atoms with van der Waals surface area (Å²) in [5, 5.41) is 9.60. The molecule has 1 aromatic carbocycles. The first-order chi connectivity index (χ1) is 14.3. The van der Waals surface area contributed by atoms with Crippen molar-refractivity contribution in [2.45, 2.75) is 25.9 Å². The number of rotatable bonds is 6. The number of hydrogen-bond donors (Lipinski definition) is 0. The van der Waals surface area contributed by atoms with Crippen LogP contribution in [0.4, 0.5) is 5.82 Å². The van der Waals surface area contributed by atoms with E-state index in [1.165, 1.54) is 5.41 Å². The first-order valence-corrected chi connectivity index (χ1v) is 11.3. The molecule has 3 aromatic rings. The Morgan fingerprint density at radius 1 is 1.17 bits per heavy atom. The zero-order chi connectivity index (χ0) is 21.3. The van der Waals surface area contributed by atoms with Gasteiger partial charge < -0.3 is 9.64 Å². The second kappa shape index (κ2) is 7.91. The number of ether oxygens (including phenoxy) is 1. The predicted octanol–water partition coefficient (Wildman–Crippen LogP) is 3.46. The molecule has 0 fully saturated rings. The van der Waals surface area contributed by atoms with E-state index < -0.39 is 9.84 Å². The van der Waals surface area contributed by atoms with E-state index in [4.69, 9.17) is 9.72 Å². The Hall–Kier alpha value is -3.20. The molecule has 30 heavy (non-hydrogen) atoms.